The van der Waals surface area contributed by atoms with Crippen LogP contribution in [0.3, 0.4) is 0 Å². The Morgan fingerprint density at radius 3 is 2.50 bits per heavy atom. The number of hydrogen-bond donors (Lipinski definition) is 1. The summed E-state index contributed by atoms with van der Waals surface area (Å²) < 4.78 is 0. The number of rotatable bonds is 5. The normalized spacial score (nSPS) is 10.8. The molecular formula is C13H18N4S. The molecule has 0 aliphatic heterocycles. The van der Waals surface area contributed by atoms with Crippen LogP contribution in [0, 0.1) is 13.8 Å². The van der Waals surface area contributed by atoms with Crippen molar-refractivity contribution in [2.75, 3.05) is 13.6 Å². The molecule has 96 valence electrons. The van der Waals surface area contributed by atoms with Crippen LogP contribution < -0.4 is 5.32 Å². The average molecular weight is 262 g/mol. The van der Waals surface area contributed by atoms with Crippen LogP contribution >= 0.6 is 11.3 Å². The smallest absolute Gasteiger partial charge is 0.179 e. The first-order valence-corrected chi connectivity index (χ1v) is 7.04. The van der Waals surface area contributed by atoms with Crippen molar-refractivity contribution in [3.8, 4) is 11.5 Å². The lowest BCUT2D eigenvalue weighted by molar-refractivity contribution is 0.715. The third kappa shape index (κ3) is 2.91. The van der Waals surface area contributed by atoms with Gasteiger partial charge in [-0.15, -0.1) is 11.3 Å². The number of aromatic nitrogens is 3. The van der Waals surface area contributed by atoms with Gasteiger partial charge in [0.15, 0.2) is 5.82 Å². The second kappa shape index (κ2) is 6.02. The van der Waals surface area contributed by atoms with Gasteiger partial charge in [0.1, 0.15) is 5.69 Å². The van der Waals surface area contributed by atoms with E-state index in [1.165, 1.54) is 5.56 Å². The van der Waals surface area contributed by atoms with E-state index in [0.717, 1.165) is 42.3 Å². The summed E-state index contributed by atoms with van der Waals surface area (Å²) in [6, 6.07) is 0. The van der Waals surface area contributed by atoms with Crippen LogP contribution in [0.4, 0.5) is 0 Å². The van der Waals surface area contributed by atoms with Crippen LogP contribution in [0.2, 0.25) is 0 Å². The fourth-order valence-corrected chi connectivity index (χ4v) is 2.51. The minimum atomic E-state index is 0.739. The molecule has 18 heavy (non-hydrogen) atoms. The number of hydrogen-bond acceptors (Lipinski definition) is 5. The summed E-state index contributed by atoms with van der Waals surface area (Å²) >= 11 is 1.57. The molecule has 5 heteroatoms. The zero-order valence-corrected chi connectivity index (χ0v) is 11.8. The molecule has 1 N–H and O–H groups in total. The summed E-state index contributed by atoms with van der Waals surface area (Å²) in [7, 11) is 1.97. The van der Waals surface area contributed by atoms with Gasteiger partial charge in [0.05, 0.1) is 5.51 Å². The highest BCUT2D eigenvalue weighted by atomic mass is 32.1. The Morgan fingerprint density at radius 2 is 1.94 bits per heavy atom. The molecule has 2 aromatic rings. The molecule has 4 nitrogen and oxygen atoms in total. The Balaban J connectivity index is 2.24. The van der Waals surface area contributed by atoms with Crippen LogP contribution in [0.15, 0.2) is 10.9 Å². The molecule has 0 amide bonds. The van der Waals surface area contributed by atoms with Crippen molar-refractivity contribution in [2.24, 2.45) is 0 Å². The fraction of sp³-hybridized carbons (Fsp3) is 0.462. The monoisotopic (exact) mass is 262 g/mol. The molecule has 0 unspecified atom stereocenters. The average Bonchev–Trinajstić information content (AvgIpc) is 2.86. The highest BCUT2D eigenvalue weighted by Crippen LogP contribution is 2.19. The van der Waals surface area contributed by atoms with Crippen LogP contribution in [0.25, 0.3) is 11.5 Å². The van der Waals surface area contributed by atoms with E-state index in [4.69, 9.17) is 0 Å². The molecule has 0 atom stereocenters. The van der Waals surface area contributed by atoms with E-state index in [2.05, 4.69) is 34.1 Å². The van der Waals surface area contributed by atoms with E-state index in [1.54, 1.807) is 11.3 Å². The van der Waals surface area contributed by atoms with Gasteiger partial charge in [0.2, 0.25) is 0 Å². The van der Waals surface area contributed by atoms with E-state index in [0.29, 0.717) is 0 Å². The lowest BCUT2D eigenvalue weighted by Gasteiger charge is -2.09. The molecule has 0 spiro atoms. The van der Waals surface area contributed by atoms with Crippen molar-refractivity contribution in [3.63, 3.8) is 0 Å². The summed E-state index contributed by atoms with van der Waals surface area (Å²) in [4.78, 5) is 13.4. The predicted molar refractivity (Wildman–Crippen MR) is 74.9 cm³/mol. The molecule has 2 heterocycles. The van der Waals surface area contributed by atoms with Gasteiger partial charge in [-0.3, -0.25) is 0 Å². The van der Waals surface area contributed by atoms with E-state index < -0.39 is 0 Å². The van der Waals surface area contributed by atoms with Crippen molar-refractivity contribution in [1.29, 1.82) is 0 Å². The first kappa shape index (κ1) is 13.1. The predicted octanol–water partition coefficient (Wildman–Crippen LogP) is 2.37. The fourth-order valence-electron chi connectivity index (χ4n) is 1.98. The molecular weight excluding hydrogens is 244 g/mol. The summed E-state index contributed by atoms with van der Waals surface area (Å²) in [6.45, 7) is 5.13. The van der Waals surface area contributed by atoms with Crippen molar-refractivity contribution in [1.82, 2.24) is 20.3 Å². The molecule has 0 saturated heterocycles. The zero-order chi connectivity index (χ0) is 13.0. The SMILES string of the molecule is CNCCCc1c(C)nc(-c2cscn2)nc1C. The summed E-state index contributed by atoms with van der Waals surface area (Å²) in [5.41, 5.74) is 6.09. The maximum atomic E-state index is 4.57. The van der Waals surface area contributed by atoms with E-state index in [-0.39, 0.29) is 0 Å². The van der Waals surface area contributed by atoms with Gasteiger partial charge in [0, 0.05) is 16.8 Å². The minimum absolute atomic E-state index is 0.739. The minimum Gasteiger partial charge on any atom is -0.320 e. The van der Waals surface area contributed by atoms with E-state index >= 15 is 0 Å². The quantitative estimate of drug-likeness (QED) is 0.841. The van der Waals surface area contributed by atoms with Crippen molar-refractivity contribution in [2.45, 2.75) is 26.7 Å². The molecule has 0 aliphatic rings. The van der Waals surface area contributed by atoms with Gasteiger partial charge in [-0.1, -0.05) is 0 Å². The Morgan fingerprint density at radius 1 is 1.22 bits per heavy atom. The number of nitrogens with one attached hydrogen (secondary N) is 1. The highest BCUT2D eigenvalue weighted by Gasteiger charge is 2.10. The van der Waals surface area contributed by atoms with Gasteiger partial charge in [-0.05, 0) is 45.8 Å². The summed E-state index contributed by atoms with van der Waals surface area (Å²) in [6.07, 6.45) is 2.13. The first-order chi connectivity index (χ1) is 8.72. The van der Waals surface area contributed by atoms with Gasteiger partial charge >= 0.3 is 0 Å². The zero-order valence-electron chi connectivity index (χ0n) is 11.0. The van der Waals surface area contributed by atoms with Gasteiger partial charge < -0.3 is 5.32 Å². The Hall–Kier alpha value is -1.33. The summed E-state index contributed by atoms with van der Waals surface area (Å²) in [5.74, 6) is 0.739. The van der Waals surface area contributed by atoms with Crippen molar-refractivity contribution in [3.05, 3.63) is 27.8 Å². The van der Waals surface area contributed by atoms with E-state index in [9.17, 15) is 0 Å². The van der Waals surface area contributed by atoms with Gasteiger partial charge in [0.25, 0.3) is 0 Å². The van der Waals surface area contributed by atoms with Gasteiger partial charge in [-0.25, -0.2) is 15.0 Å². The molecule has 0 aromatic carbocycles. The Kier molecular flexibility index (Phi) is 4.38. The molecule has 0 bridgehead atoms. The standard InChI is InChI=1S/C13H18N4S/c1-9-11(5-4-6-14-3)10(2)17-13(16-9)12-7-18-8-15-12/h7-8,14H,4-6H2,1-3H3. The third-order valence-electron chi connectivity index (χ3n) is 2.94. The first-order valence-electron chi connectivity index (χ1n) is 6.09. The van der Waals surface area contributed by atoms with Crippen LogP contribution in [-0.4, -0.2) is 28.5 Å². The molecule has 0 radical (unpaired) electrons. The molecule has 2 rings (SSSR count). The Labute approximate surface area is 112 Å². The maximum Gasteiger partial charge on any atom is 0.179 e. The highest BCUT2D eigenvalue weighted by molar-refractivity contribution is 7.07. The number of aryl methyl sites for hydroxylation is 2. The van der Waals surface area contributed by atoms with Crippen LogP contribution in [-0.2, 0) is 6.42 Å². The lowest BCUT2D eigenvalue weighted by Crippen LogP contribution is -2.10. The topological polar surface area (TPSA) is 50.7 Å². The van der Waals surface area contributed by atoms with Crippen molar-refractivity contribution >= 4 is 11.3 Å². The molecule has 0 aliphatic carbocycles. The number of thiazole rings is 1. The maximum absolute atomic E-state index is 4.57. The molecule has 2 aromatic heterocycles. The summed E-state index contributed by atoms with van der Waals surface area (Å²) in [5, 5.41) is 5.14. The van der Waals surface area contributed by atoms with Crippen LogP contribution in [0.5, 0.6) is 0 Å². The van der Waals surface area contributed by atoms with Crippen LogP contribution in [0.1, 0.15) is 23.4 Å². The number of nitrogens with zero attached hydrogens (tertiary/aromatic N) is 3. The second-order valence-electron chi connectivity index (χ2n) is 4.28. The van der Waals surface area contributed by atoms with Crippen molar-refractivity contribution < 1.29 is 0 Å². The molecule has 0 saturated carbocycles. The Bertz CT molecular complexity index is 485. The second-order valence-corrected chi connectivity index (χ2v) is 5.00. The van der Waals surface area contributed by atoms with E-state index in [1.807, 2.05) is 17.9 Å². The third-order valence-corrected chi connectivity index (χ3v) is 3.52. The lowest BCUT2D eigenvalue weighted by atomic mass is 10.1. The largest absolute Gasteiger partial charge is 0.320 e. The molecule has 0 fully saturated rings. The van der Waals surface area contributed by atoms with Gasteiger partial charge in [-0.2, -0.15) is 0 Å².